The number of alkyl carbamates (subject to hydrolysis) is 1. The van der Waals surface area contributed by atoms with E-state index in [1.165, 1.54) is 0 Å². The molecule has 1 N–H and O–H groups in total. The standard InChI is InChI=1S/C15H25NO3/c1-5-8-15(9-6-7-12(15)17)10-11-16-13(18)19-14(2,3)4/h5H,1,6-11H2,2-4H3,(H,16,18)/t15-/m1/s1. The maximum absolute atomic E-state index is 12.0. The molecule has 0 radical (unpaired) electrons. The minimum absolute atomic E-state index is 0.304. The molecule has 0 bridgehead atoms. The van der Waals surface area contributed by atoms with Crippen LogP contribution < -0.4 is 5.32 Å². The number of allylic oxidation sites excluding steroid dienone is 1. The summed E-state index contributed by atoms with van der Waals surface area (Å²) in [7, 11) is 0. The number of carbonyl (C=O) groups is 2. The van der Waals surface area contributed by atoms with Gasteiger partial charge in [-0.1, -0.05) is 6.08 Å². The zero-order valence-electron chi connectivity index (χ0n) is 12.3. The summed E-state index contributed by atoms with van der Waals surface area (Å²) in [5, 5.41) is 2.72. The summed E-state index contributed by atoms with van der Waals surface area (Å²) < 4.78 is 5.17. The molecule has 0 aromatic rings. The zero-order chi connectivity index (χ0) is 14.5. The summed E-state index contributed by atoms with van der Waals surface area (Å²) in [5.41, 5.74) is -0.803. The third kappa shape index (κ3) is 4.69. The van der Waals surface area contributed by atoms with Crippen molar-refractivity contribution in [2.24, 2.45) is 5.41 Å². The summed E-state index contributed by atoms with van der Waals surface area (Å²) in [6.45, 7) is 9.67. The van der Waals surface area contributed by atoms with Crippen molar-refractivity contribution in [2.45, 2.75) is 58.5 Å². The van der Waals surface area contributed by atoms with E-state index in [1.54, 1.807) is 6.08 Å². The Labute approximate surface area is 115 Å². The molecule has 0 heterocycles. The van der Waals surface area contributed by atoms with Crippen molar-refractivity contribution in [3.8, 4) is 0 Å². The highest BCUT2D eigenvalue weighted by atomic mass is 16.6. The van der Waals surface area contributed by atoms with E-state index < -0.39 is 11.7 Å². The maximum Gasteiger partial charge on any atom is 0.407 e. The molecule has 0 aromatic heterocycles. The molecular weight excluding hydrogens is 242 g/mol. The number of hydrogen-bond acceptors (Lipinski definition) is 3. The van der Waals surface area contributed by atoms with E-state index in [9.17, 15) is 9.59 Å². The first-order valence-electron chi connectivity index (χ1n) is 6.90. The smallest absolute Gasteiger partial charge is 0.407 e. The van der Waals surface area contributed by atoms with E-state index in [2.05, 4.69) is 11.9 Å². The fraction of sp³-hybridized carbons (Fsp3) is 0.733. The second-order valence-corrected chi connectivity index (χ2v) is 6.23. The molecule has 1 atom stereocenters. The van der Waals surface area contributed by atoms with Crippen LogP contribution in [0.4, 0.5) is 4.79 Å². The summed E-state index contributed by atoms with van der Waals surface area (Å²) in [4.78, 5) is 23.5. The van der Waals surface area contributed by atoms with Gasteiger partial charge in [-0.25, -0.2) is 4.79 Å². The van der Waals surface area contributed by atoms with Crippen LogP contribution in [0.15, 0.2) is 12.7 Å². The molecule has 108 valence electrons. The topological polar surface area (TPSA) is 55.4 Å². The Morgan fingerprint density at radius 2 is 2.21 bits per heavy atom. The molecule has 0 saturated heterocycles. The van der Waals surface area contributed by atoms with E-state index in [1.807, 2.05) is 20.8 Å². The fourth-order valence-corrected chi connectivity index (χ4v) is 2.57. The van der Waals surface area contributed by atoms with Crippen molar-refractivity contribution in [3.05, 3.63) is 12.7 Å². The molecule has 1 aliphatic rings. The Morgan fingerprint density at radius 3 is 2.68 bits per heavy atom. The van der Waals surface area contributed by atoms with Gasteiger partial charge in [0.1, 0.15) is 11.4 Å². The van der Waals surface area contributed by atoms with Gasteiger partial charge in [0.15, 0.2) is 0 Å². The van der Waals surface area contributed by atoms with Crippen LogP contribution in [0.5, 0.6) is 0 Å². The van der Waals surface area contributed by atoms with Gasteiger partial charge in [0.25, 0.3) is 0 Å². The van der Waals surface area contributed by atoms with Gasteiger partial charge < -0.3 is 10.1 Å². The highest BCUT2D eigenvalue weighted by molar-refractivity contribution is 5.87. The van der Waals surface area contributed by atoms with Crippen LogP contribution in [-0.2, 0) is 9.53 Å². The van der Waals surface area contributed by atoms with Gasteiger partial charge >= 0.3 is 6.09 Å². The molecule has 0 unspecified atom stereocenters. The average molecular weight is 267 g/mol. The number of amides is 1. The van der Waals surface area contributed by atoms with E-state index in [0.29, 0.717) is 31.6 Å². The number of rotatable bonds is 5. The van der Waals surface area contributed by atoms with Crippen molar-refractivity contribution in [1.82, 2.24) is 5.32 Å². The van der Waals surface area contributed by atoms with Crippen LogP contribution in [0.25, 0.3) is 0 Å². The summed E-state index contributed by atoms with van der Waals surface area (Å²) >= 11 is 0. The van der Waals surface area contributed by atoms with Crippen LogP contribution >= 0.6 is 0 Å². The first-order chi connectivity index (χ1) is 8.79. The maximum atomic E-state index is 12.0. The normalized spacial score (nSPS) is 23.2. The number of ketones is 1. The molecule has 19 heavy (non-hydrogen) atoms. The summed E-state index contributed by atoms with van der Waals surface area (Å²) in [5.74, 6) is 0.304. The highest BCUT2D eigenvalue weighted by Gasteiger charge is 2.40. The first-order valence-corrected chi connectivity index (χ1v) is 6.90. The van der Waals surface area contributed by atoms with Gasteiger partial charge in [0.05, 0.1) is 0 Å². The minimum Gasteiger partial charge on any atom is -0.444 e. The third-order valence-corrected chi connectivity index (χ3v) is 3.46. The lowest BCUT2D eigenvalue weighted by Gasteiger charge is -2.26. The summed E-state index contributed by atoms with van der Waals surface area (Å²) in [6, 6.07) is 0. The number of hydrogen-bond donors (Lipinski definition) is 1. The lowest BCUT2D eigenvalue weighted by atomic mass is 9.78. The monoisotopic (exact) mass is 267 g/mol. The van der Waals surface area contributed by atoms with E-state index in [0.717, 1.165) is 12.8 Å². The lowest BCUT2D eigenvalue weighted by molar-refractivity contribution is -0.126. The molecule has 1 aliphatic carbocycles. The molecule has 1 fully saturated rings. The fourth-order valence-electron chi connectivity index (χ4n) is 2.57. The average Bonchev–Trinajstić information content (AvgIpc) is 2.58. The molecule has 1 saturated carbocycles. The van der Waals surface area contributed by atoms with Gasteiger partial charge in [0.2, 0.25) is 0 Å². The highest BCUT2D eigenvalue weighted by Crippen LogP contribution is 2.41. The van der Waals surface area contributed by atoms with Gasteiger partial charge in [-0.2, -0.15) is 0 Å². The number of ether oxygens (including phenoxy) is 1. The lowest BCUT2D eigenvalue weighted by Crippen LogP contribution is -2.36. The Kier molecular flexibility index (Phi) is 5.15. The SMILES string of the molecule is C=CC[C@]1(CCNC(=O)OC(C)(C)C)CCCC1=O. The molecule has 4 heteroatoms. The second-order valence-electron chi connectivity index (χ2n) is 6.23. The van der Waals surface area contributed by atoms with Gasteiger partial charge in [-0.15, -0.1) is 6.58 Å². The predicted octanol–water partition coefficient (Wildman–Crippen LogP) is 3.22. The molecule has 0 spiro atoms. The van der Waals surface area contributed by atoms with Gasteiger partial charge in [0, 0.05) is 18.4 Å². The van der Waals surface area contributed by atoms with Crippen LogP contribution in [0, 0.1) is 5.41 Å². The van der Waals surface area contributed by atoms with Crippen molar-refractivity contribution in [1.29, 1.82) is 0 Å². The summed E-state index contributed by atoms with van der Waals surface area (Å²) in [6.07, 6.45) is 5.23. The number of Topliss-reactive ketones (excluding diaryl/α,β-unsaturated/α-hetero) is 1. The first kappa shape index (κ1) is 15.7. The molecule has 1 rings (SSSR count). The van der Waals surface area contributed by atoms with Crippen LogP contribution in [0.1, 0.15) is 52.9 Å². The number of carbonyl (C=O) groups excluding carboxylic acids is 2. The Bertz CT molecular complexity index is 357. The van der Waals surface area contributed by atoms with E-state index in [-0.39, 0.29) is 5.41 Å². The largest absolute Gasteiger partial charge is 0.444 e. The van der Waals surface area contributed by atoms with Gasteiger partial charge in [-0.3, -0.25) is 4.79 Å². The number of nitrogens with one attached hydrogen (secondary N) is 1. The van der Waals surface area contributed by atoms with Crippen molar-refractivity contribution < 1.29 is 14.3 Å². The predicted molar refractivity (Wildman–Crippen MR) is 75.0 cm³/mol. The zero-order valence-corrected chi connectivity index (χ0v) is 12.3. The van der Waals surface area contributed by atoms with Crippen molar-refractivity contribution in [2.75, 3.05) is 6.54 Å². The Balaban J connectivity index is 2.44. The van der Waals surface area contributed by atoms with Crippen molar-refractivity contribution >= 4 is 11.9 Å². The molecule has 0 aromatic carbocycles. The van der Waals surface area contributed by atoms with Crippen LogP contribution in [-0.4, -0.2) is 24.0 Å². The Morgan fingerprint density at radius 1 is 1.53 bits per heavy atom. The molecule has 1 amide bonds. The van der Waals surface area contributed by atoms with E-state index >= 15 is 0 Å². The van der Waals surface area contributed by atoms with E-state index in [4.69, 9.17) is 4.74 Å². The van der Waals surface area contributed by atoms with Crippen LogP contribution in [0.2, 0.25) is 0 Å². The molecular formula is C15H25NO3. The second kappa shape index (κ2) is 6.22. The third-order valence-electron chi connectivity index (χ3n) is 3.46. The Hall–Kier alpha value is -1.32. The molecule has 0 aliphatic heterocycles. The van der Waals surface area contributed by atoms with Gasteiger partial charge in [-0.05, 0) is 46.5 Å². The quantitative estimate of drug-likeness (QED) is 0.778. The minimum atomic E-state index is -0.494. The molecule has 4 nitrogen and oxygen atoms in total. The van der Waals surface area contributed by atoms with Crippen LogP contribution in [0.3, 0.4) is 0 Å². The van der Waals surface area contributed by atoms with Crippen molar-refractivity contribution in [3.63, 3.8) is 0 Å².